The van der Waals surface area contributed by atoms with Crippen LogP contribution in [0.15, 0.2) is 77.7 Å². The number of sulfone groups is 1. The lowest BCUT2D eigenvalue weighted by molar-refractivity contribution is 0.0468. The highest BCUT2D eigenvalue weighted by Gasteiger charge is 2.19. The summed E-state index contributed by atoms with van der Waals surface area (Å²) in [6.45, 7) is 0.0110. The third-order valence-electron chi connectivity index (χ3n) is 4.19. The van der Waals surface area contributed by atoms with Crippen LogP contribution >= 0.6 is 0 Å². The largest absolute Gasteiger partial charge is 0.457 e. The molecule has 0 aliphatic carbocycles. The number of benzene rings is 3. The second-order valence-corrected chi connectivity index (χ2v) is 8.18. The molecule has 0 saturated carbocycles. The molecule has 3 aromatic rings. The van der Waals surface area contributed by atoms with Crippen LogP contribution in [0.1, 0.15) is 21.5 Å². The third kappa shape index (κ3) is 4.27. The van der Waals surface area contributed by atoms with Gasteiger partial charge in [0.05, 0.1) is 22.1 Å². The van der Waals surface area contributed by atoms with Crippen molar-refractivity contribution in [2.24, 2.45) is 0 Å². The first-order valence-corrected chi connectivity index (χ1v) is 10.3. The topological polar surface area (TPSA) is 84.2 Å². The highest BCUT2D eigenvalue weighted by atomic mass is 32.2. The number of hydrogen-bond donors (Lipinski definition) is 0. The van der Waals surface area contributed by atoms with E-state index in [1.807, 2.05) is 30.3 Å². The van der Waals surface area contributed by atoms with Crippen LogP contribution in [0.5, 0.6) is 0 Å². The van der Waals surface area contributed by atoms with Gasteiger partial charge in [-0.15, -0.1) is 0 Å². The van der Waals surface area contributed by atoms with Crippen LogP contribution in [-0.2, 0) is 21.2 Å². The van der Waals surface area contributed by atoms with E-state index in [1.54, 1.807) is 30.3 Å². The molecule has 0 spiro atoms. The smallest absolute Gasteiger partial charge is 0.339 e. The van der Waals surface area contributed by atoms with Gasteiger partial charge in [-0.2, -0.15) is 5.26 Å². The van der Waals surface area contributed by atoms with Gasteiger partial charge in [0.15, 0.2) is 9.84 Å². The van der Waals surface area contributed by atoms with Crippen molar-refractivity contribution in [1.82, 2.24) is 0 Å². The molecule has 0 N–H and O–H groups in total. The summed E-state index contributed by atoms with van der Waals surface area (Å²) in [6.07, 6.45) is 1.05. The molecular weight excluding hydrogens is 374 g/mol. The van der Waals surface area contributed by atoms with Crippen LogP contribution in [0.4, 0.5) is 0 Å². The standard InChI is InChI=1S/C22H17NO4S/c1-28(25,26)21-9-5-4-8-20(21)22(24)27-15-16-10-12-17(13-11-16)19-7-3-2-6-18(19)14-23/h2-13H,15H2,1H3. The molecular formula is C22H17NO4S. The molecule has 3 aromatic carbocycles. The van der Waals surface area contributed by atoms with Crippen molar-refractivity contribution in [3.05, 3.63) is 89.5 Å². The van der Waals surface area contributed by atoms with Crippen LogP contribution in [0.25, 0.3) is 11.1 Å². The summed E-state index contributed by atoms with van der Waals surface area (Å²) < 4.78 is 28.9. The number of hydrogen-bond acceptors (Lipinski definition) is 5. The van der Waals surface area contributed by atoms with E-state index in [2.05, 4.69) is 6.07 Å². The van der Waals surface area contributed by atoms with E-state index >= 15 is 0 Å². The molecule has 28 heavy (non-hydrogen) atoms. The molecule has 0 unspecified atom stereocenters. The Morgan fingerprint density at radius 2 is 1.61 bits per heavy atom. The Kier molecular flexibility index (Phi) is 5.57. The number of carbonyl (C=O) groups excluding carboxylic acids is 1. The average Bonchev–Trinajstić information content (AvgIpc) is 2.71. The number of nitrogens with zero attached hydrogens (tertiary/aromatic N) is 1. The van der Waals surface area contributed by atoms with Crippen molar-refractivity contribution in [3.63, 3.8) is 0 Å². The zero-order chi connectivity index (χ0) is 20.1. The van der Waals surface area contributed by atoms with Gasteiger partial charge in [-0.25, -0.2) is 13.2 Å². The van der Waals surface area contributed by atoms with Gasteiger partial charge in [-0.1, -0.05) is 54.6 Å². The lowest BCUT2D eigenvalue weighted by Crippen LogP contribution is -2.11. The van der Waals surface area contributed by atoms with E-state index in [0.29, 0.717) is 5.56 Å². The minimum Gasteiger partial charge on any atom is -0.457 e. The van der Waals surface area contributed by atoms with Gasteiger partial charge in [-0.3, -0.25) is 0 Å². The Morgan fingerprint density at radius 3 is 2.29 bits per heavy atom. The number of rotatable bonds is 5. The third-order valence-corrected chi connectivity index (χ3v) is 5.34. The molecule has 0 saturated heterocycles. The van der Waals surface area contributed by atoms with Crippen molar-refractivity contribution in [2.45, 2.75) is 11.5 Å². The zero-order valence-corrected chi connectivity index (χ0v) is 15.9. The normalized spacial score (nSPS) is 10.9. The van der Waals surface area contributed by atoms with Crippen LogP contribution < -0.4 is 0 Å². The second-order valence-electron chi connectivity index (χ2n) is 6.20. The molecule has 6 heteroatoms. The van der Waals surface area contributed by atoms with Gasteiger partial charge >= 0.3 is 5.97 Å². The second kappa shape index (κ2) is 8.07. The first-order valence-electron chi connectivity index (χ1n) is 8.45. The van der Waals surface area contributed by atoms with Crippen molar-refractivity contribution in [3.8, 4) is 17.2 Å². The van der Waals surface area contributed by atoms with Gasteiger partial charge in [0.2, 0.25) is 0 Å². The van der Waals surface area contributed by atoms with Crippen LogP contribution in [0, 0.1) is 11.3 Å². The molecule has 0 aliphatic heterocycles. The molecule has 0 heterocycles. The Bertz CT molecular complexity index is 1160. The van der Waals surface area contributed by atoms with Crippen LogP contribution in [-0.4, -0.2) is 20.6 Å². The van der Waals surface area contributed by atoms with Crippen LogP contribution in [0.3, 0.4) is 0 Å². The number of carbonyl (C=O) groups is 1. The molecule has 0 amide bonds. The first kappa shape index (κ1) is 19.3. The quantitative estimate of drug-likeness (QED) is 0.614. The van der Waals surface area contributed by atoms with Gasteiger partial charge < -0.3 is 4.74 Å². The monoisotopic (exact) mass is 391 g/mol. The maximum absolute atomic E-state index is 12.3. The maximum Gasteiger partial charge on any atom is 0.339 e. The maximum atomic E-state index is 12.3. The zero-order valence-electron chi connectivity index (χ0n) is 15.1. The summed E-state index contributed by atoms with van der Waals surface area (Å²) in [6, 6.07) is 22.7. The fourth-order valence-electron chi connectivity index (χ4n) is 2.80. The predicted octanol–water partition coefficient (Wildman–Crippen LogP) is 3.99. The fraction of sp³-hybridized carbons (Fsp3) is 0.0909. The number of esters is 1. The van der Waals surface area contributed by atoms with E-state index in [0.717, 1.165) is 22.9 Å². The minimum atomic E-state index is -3.53. The molecule has 0 radical (unpaired) electrons. The summed E-state index contributed by atoms with van der Waals surface area (Å²) in [5, 5.41) is 9.22. The Hall–Kier alpha value is -3.43. The molecule has 3 rings (SSSR count). The highest BCUT2D eigenvalue weighted by Crippen LogP contribution is 2.24. The predicted molar refractivity (Wildman–Crippen MR) is 105 cm³/mol. The molecule has 0 bridgehead atoms. The Labute approximate surface area is 163 Å². The highest BCUT2D eigenvalue weighted by molar-refractivity contribution is 7.90. The van der Waals surface area contributed by atoms with E-state index in [1.165, 1.54) is 12.1 Å². The van der Waals surface area contributed by atoms with Gasteiger partial charge in [-0.05, 0) is 34.9 Å². The fourth-order valence-corrected chi connectivity index (χ4v) is 3.67. The number of nitriles is 1. The lowest BCUT2D eigenvalue weighted by atomic mass is 9.99. The van der Waals surface area contributed by atoms with Gasteiger partial charge in [0.1, 0.15) is 6.61 Å². The van der Waals surface area contributed by atoms with E-state index in [4.69, 9.17) is 4.74 Å². The summed E-state index contributed by atoms with van der Waals surface area (Å²) in [5.41, 5.74) is 3.07. The number of ether oxygens (including phenoxy) is 1. The van der Waals surface area contributed by atoms with E-state index < -0.39 is 15.8 Å². The first-order chi connectivity index (χ1) is 13.4. The molecule has 0 fully saturated rings. The van der Waals surface area contributed by atoms with Crippen LogP contribution in [0.2, 0.25) is 0 Å². The van der Waals surface area contributed by atoms with E-state index in [-0.39, 0.29) is 17.1 Å². The van der Waals surface area contributed by atoms with Crippen molar-refractivity contribution in [2.75, 3.05) is 6.26 Å². The molecule has 0 aliphatic rings. The van der Waals surface area contributed by atoms with E-state index in [9.17, 15) is 18.5 Å². The summed E-state index contributed by atoms with van der Waals surface area (Å²) in [5.74, 6) is -0.695. The minimum absolute atomic E-state index is 0.0110. The van der Waals surface area contributed by atoms with Crippen molar-refractivity contribution in [1.29, 1.82) is 5.26 Å². The van der Waals surface area contributed by atoms with Crippen molar-refractivity contribution < 1.29 is 17.9 Å². The SMILES string of the molecule is CS(=O)(=O)c1ccccc1C(=O)OCc1ccc(-c2ccccc2C#N)cc1. The Balaban J connectivity index is 1.75. The summed E-state index contributed by atoms with van der Waals surface area (Å²) in [7, 11) is -3.53. The van der Waals surface area contributed by atoms with Crippen molar-refractivity contribution >= 4 is 15.8 Å². The summed E-state index contributed by atoms with van der Waals surface area (Å²) in [4.78, 5) is 12.3. The Morgan fingerprint density at radius 1 is 0.964 bits per heavy atom. The van der Waals surface area contributed by atoms with Gasteiger partial charge in [0, 0.05) is 6.26 Å². The average molecular weight is 391 g/mol. The summed E-state index contributed by atoms with van der Waals surface area (Å²) >= 11 is 0. The molecule has 140 valence electrons. The molecule has 0 atom stereocenters. The molecule has 5 nitrogen and oxygen atoms in total. The molecule has 0 aromatic heterocycles. The van der Waals surface area contributed by atoms with Gasteiger partial charge in [0.25, 0.3) is 0 Å². The lowest BCUT2D eigenvalue weighted by Gasteiger charge is -2.09.